The molecule has 5 aromatic carbocycles. The first-order chi connectivity index (χ1) is 18.9. The lowest BCUT2D eigenvalue weighted by atomic mass is 9.96. The molecular formula is C35H31NO2Si. The highest BCUT2D eigenvalue weighted by atomic mass is 28.4. The number of aromatic amines is 1. The Kier molecular flexibility index (Phi) is 6.51. The van der Waals surface area contributed by atoms with Crippen LogP contribution in [0.3, 0.4) is 0 Å². The molecule has 4 heteroatoms. The predicted octanol–water partition coefficient (Wildman–Crippen LogP) is 7.27. The number of aromatic nitrogens is 1. The lowest BCUT2D eigenvalue weighted by Crippen LogP contribution is -2.59. The quantitative estimate of drug-likeness (QED) is 0.176. The van der Waals surface area contributed by atoms with E-state index in [0.717, 1.165) is 48.9 Å². The number of carbonyl (C=O) groups excluding carboxylic acids is 1. The highest BCUT2D eigenvalue weighted by molar-refractivity contribution is 6.96. The van der Waals surface area contributed by atoms with Crippen LogP contribution in [0.1, 0.15) is 33.2 Å². The molecule has 0 spiro atoms. The van der Waals surface area contributed by atoms with Crippen LogP contribution in [0.5, 0.6) is 0 Å². The van der Waals surface area contributed by atoms with Crippen molar-refractivity contribution in [3.05, 3.63) is 144 Å². The van der Waals surface area contributed by atoms with Crippen LogP contribution in [-0.2, 0) is 4.43 Å². The first-order valence-corrected chi connectivity index (χ1v) is 15.8. The third-order valence-electron chi connectivity index (χ3n) is 7.60. The van der Waals surface area contributed by atoms with Gasteiger partial charge in [0, 0.05) is 27.4 Å². The van der Waals surface area contributed by atoms with Gasteiger partial charge in [-0.15, -0.1) is 0 Å². The van der Waals surface area contributed by atoms with Gasteiger partial charge in [0.15, 0.2) is 5.78 Å². The van der Waals surface area contributed by atoms with Crippen molar-refractivity contribution >= 4 is 46.3 Å². The number of rotatable bonds is 7. The second kappa shape index (κ2) is 10.1. The molecule has 1 N–H and O–H groups in total. The minimum absolute atomic E-state index is 0.0291. The summed E-state index contributed by atoms with van der Waals surface area (Å²) in [5, 5.41) is 4.47. The summed E-state index contributed by atoms with van der Waals surface area (Å²) in [7, 11) is -2.83. The third kappa shape index (κ3) is 4.63. The minimum Gasteiger partial charge on any atom is -0.394 e. The molecule has 0 amide bonds. The van der Waals surface area contributed by atoms with E-state index in [1.165, 1.54) is 0 Å². The first kappa shape index (κ1) is 25.0. The highest BCUT2D eigenvalue weighted by Gasteiger charge is 2.40. The fourth-order valence-electron chi connectivity index (χ4n) is 5.69. The fourth-order valence-corrected chi connectivity index (χ4v) is 8.66. The summed E-state index contributed by atoms with van der Waals surface area (Å²) >= 11 is 0. The molecule has 0 radical (unpaired) electrons. The summed E-state index contributed by atoms with van der Waals surface area (Å²) in [4.78, 5) is 18.1. The van der Waals surface area contributed by atoms with Crippen LogP contribution in [0.2, 0.25) is 6.55 Å². The maximum Gasteiger partial charge on any atom is 0.254 e. The van der Waals surface area contributed by atoms with Crippen molar-refractivity contribution in [2.24, 2.45) is 0 Å². The van der Waals surface area contributed by atoms with E-state index < -0.39 is 14.4 Å². The average molecular weight is 526 g/mol. The summed E-state index contributed by atoms with van der Waals surface area (Å²) in [5.41, 5.74) is 5.64. The van der Waals surface area contributed by atoms with E-state index in [0.29, 0.717) is 5.56 Å². The Bertz CT molecular complexity index is 1730. The van der Waals surface area contributed by atoms with E-state index >= 15 is 0 Å². The van der Waals surface area contributed by atoms with Crippen LogP contribution in [0.25, 0.3) is 21.8 Å². The molecule has 192 valence electrons. The number of Topliss-reactive ketones (excluding diaryl/α,β-unsaturated/α-hetero) is 1. The maximum atomic E-state index is 14.5. The molecule has 0 aliphatic rings. The van der Waals surface area contributed by atoms with Crippen LogP contribution < -0.4 is 10.4 Å². The van der Waals surface area contributed by atoms with Gasteiger partial charge in [0.2, 0.25) is 0 Å². The van der Waals surface area contributed by atoms with Gasteiger partial charge >= 0.3 is 0 Å². The Morgan fingerprint density at radius 1 is 0.692 bits per heavy atom. The fraction of sp³-hybridized carbons (Fsp3) is 0.114. The van der Waals surface area contributed by atoms with Gasteiger partial charge in [-0.25, -0.2) is 0 Å². The van der Waals surface area contributed by atoms with Crippen LogP contribution in [0.15, 0.2) is 121 Å². The van der Waals surface area contributed by atoms with Gasteiger partial charge in [0.25, 0.3) is 8.32 Å². The number of fused-ring (bicyclic) bond motifs is 3. The van der Waals surface area contributed by atoms with Gasteiger partial charge in [-0.3, -0.25) is 4.79 Å². The van der Waals surface area contributed by atoms with Gasteiger partial charge in [0.1, 0.15) is 6.10 Å². The van der Waals surface area contributed by atoms with E-state index in [1.54, 1.807) is 0 Å². The number of ketones is 1. The van der Waals surface area contributed by atoms with E-state index in [4.69, 9.17) is 4.43 Å². The van der Waals surface area contributed by atoms with Crippen molar-refractivity contribution in [1.82, 2.24) is 4.98 Å². The number of para-hydroxylation sites is 2. The molecule has 3 nitrogen and oxygen atoms in total. The number of hydrogen-bond donors (Lipinski definition) is 1. The van der Waals surface area contributed by atoms with E-state index in [1.807, 2.05) is 86.6 Å². The molecule has 0 unspecified atom stereocenters. The molecule has 0 saturated heterocycles. The molecule has 6 aromatic rings. The van der Waals surface area contributed by atoms with E-state index in [-0.39, 0.29) is 5.78 Å². The SMILES string of the molecule is Cc1cc(C)cc(C(=O)[C@@H](O[Si](C)(c2ccccc2)c2ccccc2)c2cccc3c2[nH]c2ccccc23)c1. The lowest BCUT2D eigenvalue weighted by molar-refractivity contribution is 0.0788. The summed E-state index contributed by atoms with van der Waals surface area (Å²) in [5.74, 6) is -0.0291. The molecule has 0 saturated carbocycles. The normalized spacial score (nSPS) is 12.6. The molecule has 0 fully saturated rings. The number of aryl methyl sites for hydroxylation is 2. The van der Waals surface area contributed by atoms with E-state index in [9.17, 15) is 4.79 Å². The zero-order valence-corrected chi connectivity index (χ0v) is 23.4. The molecule has 1 aromatic heterocycles. The molecule has 1 atom stereocenters. The molecule has 6 rings (SSSR count). The summed E-state index contributed by atoms with van der Waals surface area (Å²) in [6.45, 7) is 6.26. The summed E-state index contributed by atoms with van der Waals surface area (Å²) in [6.07, 6.45) is -0.792. The smallest absolute Gasteiger partial charge is 0.254 e. The van der Waals surface area contributed by atoms with Crippen molar-refractivity contribution in [1.29, 1.82) is 0 Å². The Labute approximate surface area is 230 Å². The van der Waals surface area contributed by atoms with Gasteiger partial charge in [-0.2, -0.15) is 0 Å². The van der Waals surface area contributed by atoms with Crippen molar-refractivity contribution < 1.29 is 9.22 Å². The third-order valence-corrected chi connectivity index (χ3v) is 11.2. The molecule has 0 aliphatic carbocycles. The van der Waals surface area contributed by atoms with Gasteiger partial charge < -0.3 is 9.41 Å². The standard InChI is InChI=1S/C35H31NO2Si/c1-24-21-25(2)23-26(22-24)34(37)35(31-19-12-18-30-29-17-10-11-20-32(29)36-33(30)31)38-39(3,27-13-6-4-7-14-27)28-15-8-5-9-16-28/h4-23,35-36H,1-3H3/t35-/m0/s1. The Morgan fingerprint density at radius 3 is 1.90 bits per heavy atom. The number of nitrogens with one attached hydrogen (secondary N) is 1. The Balaban J connectivity index is 1.59. The van der Waals surface area contributed by atoms with Crippen LogP contribution in [0, 0.1) is 13.8 Å². The maximum absolute atomic E-state index is 14.5. The molecule has 0 aliphatic heterocycles. The van der Waals surface area contributed by atoms with Crippen molar-refractivity contribution in [2.75, 3.05) is 0 Å². The van der Waals surface area contributed by atoms with Gasteiger partial charge in [-0.1, -0.05) is 114 Å². The topological polar surface area (TPSA) is 42.1 Å². The largest absolute Gasteiger partial charge is 0.394 e. The number of benzene rings is 5. The van der Waals surface area contributed by atoms with Crippen molar-refractivity contribution in [3.63, 3.8) is 0 Å². The zero-order valence-electron chi connectivity index (χ0n) is 22.4. The van der Waals surface area contributed by atoms with Crippen LogP contribution in [0.4, 0.5) is 0 Å². The molecule has 1 heterocycles. The van der Waals surface area contributed by atoms with Gasteiger partial charge in [0.05, 0.1) is 5.52 Å². The van der Waals surface area contributed by atoms with Crippen LogP contribution in [-0.4, -0.2) is 19.1 Å². The number of carbonyl (C=O) groups is 1. The van der Waals surface area contributed by atoms with Crippen LogP contribution >= 0.6 is 0 Å². The lowest BCUT2D eigenvalue weighted by Gasteiger charge is -2.33. The second-order valence-electron chi connectivity index (χ2n) is 10.4. The molecular weight excluding hydrogens is 494 g/mol. The Hall–Kier alpha value is -4.25. The van der Waals surface area contributed by atoms with Crippen molar-refractivity contribution in [3.8, 4) is 0 Å². The van der Waals surface area contributed by atoms with Gasteiger partial charge in [-0.05, 0) is 49.0 Å². The highest BCUT2D eigenvalue weighted by Crippen LogP contribution is 2.35. The zero-order chi connectivity index (χ0) is 27.0. The number of hydrogen-bond acceptors (Lipinski definition) is 2. The first-order valence-electron chi connectivity index (χ1n) is 13.3. The second-order valence-corrected chi connectivity index (χ2v) is 13.9. The van der Waals surface area contributed by atoms with E-state index in [2.05, 4.69) is 60.1 Å². The monoisotopic (exact) mass is 525 g/mol. The molecule has 39 heavy (non-hydrogen) atoms. The average Bonchev–Trinajstić information content (AvgIpc) is 3.35. The predicted molar refractivity (Wildman–Crippen MR) is 164 cm³/mol. The minimum atomic E-state index is -2.83. The summed E-state index contributed by atoms with van der Waals surface area (Å²) < 4.78 is 7.27. The Morgan fingerprint density at radius 2 is 1.26 bits per heavy atom. The number of H-pyrrole nitrogens is 1. The summed E-state index contributed by atoms with van der Waals surface area (Å²) in [6, 6.07) is 41.2. The molecule has 0 bridgehead atoms. The van der Waals surface area contributed by atoms with Crippen molar-refractivity contribution in [2.45, 2.75) is 26.5 Å².